The molecule has 0 amide bonds. The van der Waals surface area contributed by atoms with E-state index in [0.29, 0.717) is 6.04 Å². The van der Waals surface area contributed by atoms with Gasteiger partial charge in [-0.3, -0.25) is 4.90 Å². The molecule has 2 heterocycles. The third-order valence-electron chi connectivity index (χ3n) is 4.98. The van der Waals surface area contributed by atoms with Crippen molar-refractivity contribution in [2.24, 2.45) is 5.92 Å². The molecule has 1 N–H and O–H groups in total. The highest BCUT2D eigenvalue weighted by Crippen LogP contribution is 2.35. The molecule has 0 bridgehead atoms. The summed E-state index contributed by atoms with van der Waals surface area (Å²) in [6.45, 7) is 7.63. The molecule has 3 nitrogen and oxygen atoms in total. The predicted octanol–water partition coefficient (Wildman–Crippen LogP) is 3.80. The summed E-state index contributed by atoms with van der Waals surface area (Å²) in [7, 11) is 0. The zero-order valence-electron chi connectivity index (χ0n) is 13.5. The van der Waals surface area contributed by atoms with Crippen LogP contribution in [0.1, 0.15) is 63.1 Å². The Morgan fingerprint density at radius 1 is 1.29 bits per heavy atom. The van der Waals surface area contributed by atoms with Gasteiger partial charge in [0, 0.05) is 30.6 Å². The van der Waals surface area contributed by atoms with Crippen molar-refractivity contribution in [1.82, 2.24) is 15.2 Å². The van der Waals surface area contributed by atoms with E-state index < -0.39 is 0 Å². The molecule has 0 aromatic carbocycles. The summed E-state index contributed by atoms with van der Waals surface area (Å²) in [5.74, 6) is 0.966. The molecule has 1 aliphatic heterocycles. The predicted molar refractivity (Wildman–Crippen MR) is 89.5 cm³/mol. The molecule has 2 fully saturated rings. The van der Waals surface area contributed by atoms with Gasteiger partial charge in [-0.05, 0) is 38.1 Å². The standard InChI is InChI=1S/C17H29N3S/c1-13(2)18-10-17-19-15(12-21-17)11-20-9-5-7-14-6-3-4-8-16(14)20/h12-14,16,18H,3-11H2,1-2H3/t14-,16-/m1/s1. The number of nitrogens with zero attached hydrogens (tertiary/aromatic N) is 2. The Kier molecular flexibility index (Phi) is 5.30. The van der Waals surface area contributed by atoms with Crippen LogP contribution in [0.4, 0.5) is 0 Å². The second-order valence-corrected chi connectivity index (χ2v) is 7.94. The topological polar surface area (TPSA) is 28.2 Å². The number of fused-ring (bicyclic) bond motifs is 1. The van der Waals surface area contributed by atoms with Gasteiger partial charge in [-0.25, -0.2) is 4.98 Å². The minimum absolute atomic E-state index is 0.530. The molecule has 4 heteroatoms. The molecule has 1 aromatic heterocycles. The fourth-order valence-corrected chi connectivity index (χ4v) is 4.66. The zero-order chi connectivity index (χ0) is 14.7. The summed E-state index contributed by atoms with van der Waals surface area (Å²) in [6, 6.07) is 1.37. The van der Waals surface area contributed by atoms with E-state index in [-0.39, 0.29) is 0 Å². The van der Waals surface area contributed by atoms with Crippen LogP contribution in [0, 0.1) is 5.92 Å². The SMILES string of the molecule is CC(C)NCc1nc(CN2CCC[C@H]3CCCC[C@H]32)cs1. The van der Waals surface area contributed by atoms with Gasteiger partial charge < -0.3 is 5.32 Å². The summed E-state index contributed by atoms with van der Waals surface area (Å²) in [4.78, 5) is 7.55. The van der Waals surface area contributed by atoms with Gasteiger partial charge in [-0.2, -0.15) is 0 Å². The molecular weight excluding hydrogens is 278 g/mol. The largest absolute Gasteiger partial charge is 0.308 e. The monoisotopic (exact) mass is 307 g/mol. The van der Waals surface area contributed by atoms with Crippen LogP contribution in [-0.2, 0) is 13.1 Å². The van der Waals surface area contributed by atoms with Gasteiger partial charge in [-0.15, -0.1) is 11.3 Å². The van der Waals surface area contributed by atoms with E-state index in [0.717, 1.165) is 25.0 Å². The van der Waals surface area contributed by atoms with E-state index in [2.05, 4.69) is 29.4 Å². The lowest BCUT2D eigenvalue weighted by atomic mass is 9.78. The molecule has 0 radical (unpaired) electrons. The van der Waals surface area contributed by atoms with E-state index in [4.69, 9.17) is 4.98 Å². The molecular formula is C17H29N3S. The van der Waals surface area contributed by atoms with Crippen LogP contribution in [0.15, 0.2) is 5.38 Å². The summed E-state index contributed by atoms with van der Waals surface area (Å²) >= 11 is 1.81. The fraction of sp³-hybridized carbons (Fsp3) is 0.824. The van der Waals surface area contributed by atoms with Crippen LogP contribution < -0.4 is 5.32 Å². The van der Waals surface area contributed by atoms with Crippen LogP contribution >= 0.6 is 11.3 Å². The number of hydrogen-bond acceptors (Lipinski definition) is 4. The van der Waals surface area contributed by atoms with Crippen molar-refractivity contribution in [3.63, 3.8) is 0 Å². The highest BCUT2D eigenvalue weighted by atomic mass is 32.1. The third-order valence-corrected chi connectivity index (χ3v) is 5.88. The summed E-state index contributed by atoms with van der Waals surface area (Å²) < 4.78 is 0. The van der Waals surface area contributed by atoms with Gasteiger partial charge >= 0.3 is 0 Å². The highest BCUT2D eigenvalue weighted by Gasteiger charge is 2.33. The maximum Gasteiger partial charge on any atom is 0.107 e. The first kappa shape index (κ1) is 15.4. The molecule has 1 saturated heterocycles. The van der Waals surface area contributed by atoms with Crippen molar-refractivity contribution in [2.45, 2.75) is 77.5 Å². The van der Waals surface area contributed by atoms with Crippen LogP contribution in [-0.4, -0.2) is 28.5 Å². The lowest BCUT2D eigenvalue weighted by Crippen LogP contribution is -2.46. The van der Waals surface area contributed by atoms with Gasteiger partial charge in [0.1, 0.15) is 5.01 Å². The molecule has 0 spiro atoms. The molecule has 1 aromatic rings. The number of likely N-dealkylation sites (tertiary alicyclic amines) is 1. The Morgan fingerprint density at radius 2 is 2.10 bits per heavy atom. The first-order valence-corrected chi connectivity index (χ1v) is 9.51. The van der Waals surface area contributed by atoms with Crippen LogP contribution in [0.5, 0.6) is 0 Å². The molecule has 0 unspecified atom stereocenters. The molecule has 1 saturated carbocycles. The molecule has 21 heavy (non-hydrogen) atoms. The van der Waals surface area contributed by atoms with Crippen LogP contribution in [0.25, 0.3) is 0 Å². The van der Waals surface area contributed by atoms with Gasteiger partial charge in [0.15, 0.2) is 0 Å². The Hall–Kier alpha value is -0.450. The molecule has 118 valence electrons. The fourth-order valence-electron chi connectivity index (χ4n) is 3.93. The van der Waals surface area contributed by atoms with Gasteiger partial charge in [-0.1, -0.05) is 26.7 Å². The first-order chi connectivity index (χ1) is 10.2. The van der Waals surface area contributed by atoms with Crippen LogP contribution in [0.2, 0.25) is 0 Å². The smallest absolute Gasteiger partial charge is 0.107 e. The normalized spacial score (nSPS) is 27.0. The number of rotatable bonds is 5. The Balaban J connectivity index is 1.57. The van der Waals surface area contributed by atoms with Crippen molar-refractivity contribution in [3.8, 4) is 0 Å². The van der Waals surface area contributed by atoms with Gasteiger partial charge in [0.05, 0.1) is 5.69 Å². The number of nitrogens with one attached hydrogen (secondary N) is 1. The summed E-state index contributed by atoms with van der Waals surface area (Å²) in [5.41, 5.74) is 1.28. The van der Waals surface area contributed by atoms with Crippen molar-refractivity contribution in [2.75, 3.05) is 6.54 Å². The summed E-state index contributed by atoms with van der Waals surface area (Å²) in [5, 5.41) is 6.96. The maximum atomic E-state index is 4.83. The van der Waals surface area contributed by atoms with E-state index >= 15 is 0 Å². The van der Waals surface area contributed by atoms with Gasteiger partial charge in [0.2, 0.25) is 0 Å². The molecule has 2 aliphatic rings. The number of aromatic nitrogens is 1. The lowest BCUT2D eigenvalue weighted by molar-refractivity contribution is 0.0538. The quantitative estimate of drug-likeness (QED) is 0.897. The Morgan fingerprint density at radius 3 is 2.95 bits per heavy atom. The molecule has 2 atom stereocenters. The van der Waals surface area contributed by atoms with E-state index in [9.17, 15) is 0 Å². The number of piperidine rings is 1. The minimum atomic E-state index is 0.530. The zero-order valence-corrected chi connectivity index (χ0v) is 14.3. The first-order valence-electron chi connectivity index (χ1n) is 8.63. The third kappa shape index (κ3) is 4.05. The second-order valence-electron chi connectivity index (χ2n) is 6.99. The summed E-state index contributed by atoms with van der Waals surface area (Å²) in [6.07, 6.45) is 8.60. The average Bonchev–Trinajstić information content (AvgIpc) is 2.93. The number of thiazole rings is 1. The maximum absolute atomic E-state index is 4.83. The Labute approximate surface area is 133 Å². The Bertz CT molecular complexity index is 441. The van der Waals surface area contributed by atoms with E-state index in [1.54, 1.807) is 0 Å². The van der Waals surface area contributed by atoms with Crippen molar-refractivity contribution in [3.05, 3.63) is 16.1 Å². The van der Waals surface area contributed by atoms with E-state index in [1.807, 2.05) is 11.3 Å². The lowest BCUT2D eigenvalue weighted by Gasteiger charge is -2.44. The second kappa shape index (κ2) is 7.21. The minimum Gasteiger partial charge on any atom is -0.308 e. The molecule has 3 rings (SSSR count). The highest BCUT2D eigenvalue weighted by molar-refractivity contribution is 7.09. The van der Waals surface area contributed by atoms with Gasteiger partial charge in [0.25, 0.3) is 0 Å². The van der Waals surface area contributed by atoms with Crippen molar-refractivity contribution < 1.29 is 0 Å². The van der Waals surface area contributed by atoms with Crippen LogP contribution in [0.3, 0.4) is 0 Å². The molecule has 1 aliphatic carbocycles. The average molecular weight is 308 g/mol. The van der Waals surface area contributed by atoms with Crippen molar-refractivity contribution in [1.29, 1.82) is 0 Å². The van der Waals surface area contributed by atoms with Crippen molar-refractivity contribution >= 4 is 11.3 Å². The van der Waals surface area contributed by atoms with E-state index in [1.165, 1.54) is 55.8 Å². The number of hydrogen-bond donors (Lipinski definition) is 1.